The van der Waals surface area contributed by atoms with Gasteiger partial charge in [0.1, 0.15) is 0 Å². The lowest BCUT2D eigenvalue weighted by Crippen LogP contribution is -2.61. The molecule has 0 spiro atoms. The predicted octanol–water partition coefficient (Wildman–Crippen LogP) is 6.23. The maximum Gasteiger partial charge on any atom is 0.305 e. The Morgan fingerprint density at radius 2 is 1.77 bits per heavy atom. The van der Waals surface area contributed by atoms with Gasteiger partial charge < -0.3 is 9.84 Å². The molecule has 0 aromatic carbocycles. The van der Waals surface area contributed by atoms with Gasteiger partial charge in [0.2, 0.25) is 0 Å². The molecule has 172 valence electrons. The van der Waals surface area contributed by atoms with E-state index >= 15 is 0 Å². The van der Waals surface area contributed by atoms with E-state index in [1.54, 1.807) is 0 Å². The summed E-state index contributed by atoms with van der Waals surface area (Å²) in [5.41, 5.74) is 0.770. The quantitative estimate of drug-likeness (QED) is 0.538. The van der Waals surface area contributed by atoms with E-state index in [1.807, 2.05) is 0 Å². The van der Waals surface area contributed by atoms with E-state index < -0.39 is 0 Å². The Morgan fingerprint density at radius 1 is 1.03 bits per heavy atom. The molecule has 0 radical (unpaired) electrons. The number of ether oxygens (including phenoxy) is 1. The Bertz CT molecular complexity index is 632. The van der Waals surface area contributed by atoms with Gasteiger partial charge in [0, 0.05) is 6.42 Å². The summed E-state index contributed by atoms with van der Waals surface area (Å²) in [5, 5.41) is 11.8. The van der Waals surface area contributed by atoms with Crippen LogP contribution >= 0.6 is 0 Å². The van der Waals surface area contributed by atoms with Gasteiger partial charge in [0.05, 0.1) is 13.2 Å². The molecule has 4 fully saturated rings. The zero-order valence-electron chi connectivity index (χ0n) is 20.2. The molecular formula is C27H46O3. The molecule has 0 aromatic rings. The zero-order valence-corrected chi connectivity index (χ0v) is 20.2. The van der Waals surface area contributed by atoms with Crippen molar-refractivity contribution in [2.75, 3.05) is 7.11 Å². The van der Waals surface area contributed by atoms with E-state index in [-0.39, 0.29) is 12.1 Å². The number of aliphatic hydroxyl groups excluding tert-OH is 1. The molecule has 0 amide bonds. The number of esters is 1. The number of hydrogen-bond donors (Lipinski definition) is 1. The minimum atomic E-state index is -0.107. The fourth-order valence-corrected chi connectivity index (χ4v) is 9.66. The highest BCUT2D eigenvalue weighted by molar-refractivity contribution is 5.69. The lowest BCUT2D eigenvalue weighted by molar-refractivity contribution is -0.194. The Morgan fingerprint density at radius 3 is 2.47 bits per heavy atom. The van der Waals surface area contributed by atoms with Gasteiger partial charge in [-0.3, -0.25) is 4.79 Å². The number of methoxy groups -OCH3 is 1. The van der Waals surface area contributed by atoms with Gasteiger partial charge in [-0.25, -0.2) is 0 Å². The van der Waals surface area contributed by atoms with E-state index in [0.29, 0.717) is 52.8 Å². The van der Waals surface area contributed by atoms with Gasteiger partial charge in [-0.05, 0) is 97.2 Å². The van der Waals surface area contributed by atoms with Crippen molar-refractivity contribution in [2.45, 2.75) is 104 Å². The highest BCUT2D eigenvalue weighted by Crippen LogP contribution is 2.69. The standard InChI is InChI=1S/C27H46O3/c1-6-18-20-9-7-8-15-26(20,3)22-14-16-27(4)19(17(2)10-13-23(28)30-5)11-12-21(27)24(22)25(18)29/h17-22,24-25,29H,6-16H2,1-5H3/t17-,18-,19-,20+,21+,22+,24+,25-,26+,27-/m1/s1. The average Bonchev–Trinajstić information content (AvgIpc) is 3.09. The second-order valence-corrected chi connectivity index (χ2v) is 12.0. The largest absolute Gasteiger partial charge is 0.469 e. The molecule has 4 rings (SSSR count). The van der Waals surface area contributed by atoms with Crippen LogP contribution in [0.4, 0.5) is 0 Å². The van der Waals surface area contributed by atoms with Crippen molar-refractivity contribution < 1.29 is 14.6 Å². The maximum absolute atomic E-state index is 11.8. The molecule has 0 saturated heterocycles. The molecule has 0 aliphatic heterocycles. The molecule has 3 nitrogen and oxygen atoms in total. The lowest BCUT2D eigenvalue weighted by Gasteiger charge is -2.64. The highest BCUT2D eigenvalue weighted by Gasteiger charge is 2.64. The second kappa shape index (κ2) is 8.41. The highest BCUT2D eigenvalue weighted by atomic mass is 16.5. The number of aliphatic hydroxyl groups is 1. The van der Waals surface area contributed by atoms with Crippen molar-refractivity contribution in [1.29, 1.82) is 0 Å². The molecule has 0 aromatic heterocycles. The number of fused-ring (bicyclic) bond motifs is 5. The topological polar surface area (TPSA) is 46.5 Å². The second-order valence-electron chi connectivity index (χ2n) is 12.0. The first-order chi connectivity index (χ1) is 14.3. The van der Waals surface area contributed by atoms with Crippen molar-refractivity contribution in [3.63, 3.8) is 0 Å². The maximum atomic E-state index is 11.8. The Hall–Kier alpha value is -0.570. The van der Waals surface area contributed by atoms with Gasteiger partial charge in [0.25, 0.3) is 0 Å². The molecule has 4 aliphatic rings. The summed E-state index contributed by atoms with van der Waals surface area (Å²) in [7, 11) is 1.49. The van der Waals surface area contributed by atoms with E-state index in [0.717, 1.165) is 18.8 Å². The Kier molecular flexibility index (Phi) is 6.34. The third kappa shape index (κ3) is 3.37. The fourth-order valence-electron chi connectivity index (χ4n) is 9.66. The predicted molar refractivity (Wildman–Crippen MR) is 121 cm³/mol. The third-order valence-corrected chi connectivity index (χ3v) is 11.1. The zero-order chi connectivity index (χ0) is 21.7. The van der Waals surface area contributed by atoms with Crippen LogP contribution in [-0.4, -0.2) is 24.3 Å². The van der Waals surface area contributed by atoms with Crippen LogP contribution < -0.4 is 0 Å². The van der Waals surface area contributed by atoms with E-state index in [4.69, 9.17) is 4.74 Å². The van der Waals surface area contributed by atoms with E-state index in [2.05, 4.69) is 27.7 Å². The smallest absolute Gasteiger partial charge is 0.305 e. The van der Waals surface area contributed by atoms with Crippen LogP contribution in [0.1, 0.15) is 98.3 Å². The van der Waals surface area contributed by atoms with Crippen LogP contribution in [0, 0.1) is 52.3 Å². The first-order valence-corrected chi connectivity index (χ1v) is 13.0. The number of rotatable bonds is 5. The number of carbonyl (C=O) groups is 1. The summed E-state index contributed by atoms with van der Waals surface area (Å²) < 4.78 is 4.89. The molecule has 4 aliphatic carbocycles. The summed E-state index contributed by atoms with van der Waals surface area (Å²) in [6, 6.07) is 0. The Labute approximate surface area is 184 Å². The van der Waals surface area contributed by atoms with Crippen LogP contribution in [0.5, 0.6) is 0 Å². The van der Waals surface area contributed by atoms with Crippen LogP contribution in [-0.2, 0) is 9.53 Å². The summed E-state index contributed by atoms with van der Waals surface area (Å²) in [4.78, 5) is 11.7. The van der Waals surface area contributed by atoms with Crippen LogP contribution in [0.15, 0.2) is 0 Å². The minimum absolute atomic E-state index is 0.0741. The van der Waals surface area contributed by atoms with Crippen molar-refractivity contribution >= 4 is 5.97 Å². The summed E-state index contributed by atoms with van der Waals surface area (Å²) in [5.74, 6) is 4.24. The molecule has 30 heavy (non-hydrogen) atoms. The molecular weight excluding hydrogens is 372 g/mol. The lowest BCUT2D eigenvalue weighted by atomic mass is 9.41. The van der Waals surface area contributed by atoms with Gasteiger partial charge in [-0.1, -0.05) is 47.0 Å². The van der Waals surface area contributed by atoms with E-state index in [1.165, 1.54) is 58.5 Å². The summed E-state index contributed by atoms with van der Waals surface area (Å²) in [6.45, 7) is 9.83. The van der Waals surface area contributed by atoms with Crippen molar-refractivity contribution in [3.05, 3.63) is 0 Å². The van der Waals surface area contributed by atoms with Gasteiger partial charge in [-0.2, -0.15) is 0 Å². The number of carbonyl (C=O) groups excluding carboxylic acids is 1. The van der Waals surface area contributed by atoms with Crippen molar-refractivity contribution in [1.82, 2.24) is 0 Å². The van der Waals surface area contributed by atoms with Crippen LogP contribution in [0.25, 0.3) is 0 Å². The summed E-state index contributed by atoms with van der Waals surface area (Å²) >= 11 is 0. The van der Waals surface area contributed by atoms with Gasteiger partial charge in [-0.15, -0.1) is 0 Å². The normalized spacial score (nSPS) is 48.9. The fraction of sp³-hybridized carbons (Fsp3) is 0.963. The first-order valence-electron chi connectivity index (χ1n) is 13.0. The molecule has 1 N–H and O–H groups in total. The average molecular weight is 419 g/mol. The molecule has 0 bridgehead atoms. The monoisotopic (exact) mass is 418 g/mol. The first kappa shape index (κ1) is 22.6. The van der Waals surface area contributed by atoms with Crippen LogP contribution in [0.2, 0.25) is 0 Å². The Balaban J connectivity index is 1.58. The molecule has 3 heteroatoms. The summed E-state index contributed by atoms with van der Waals surface area (Å²) in [6.07, 6.45) is 13.1. The minimum Gasteiger partial charge on any atom is -0.469 e. The molecule has 0 heterocycles. The molecule has 0 unspecified atom stereocenters. The van der Waals surface area contributed by atoms with E-state index in [9.17, 15) is 9.90 Å². The SMILES string of the molecule is CC[C@H]1[C@@H](O)[C@@H]2[C@H](CC[C@]3(C)[C@@H]([C@H](C)CCC(=O)OC)CC[C@@H]23)[C@@]2(C)CCCC[C@@H]12. The number of hydrogen-bond acceptors (Lipinski definition) is 3. The third-order valence-electron chi connectivity index (χ3n) is 11.1. The van der Waals surface area contributed by atoms with Crippen molar-refractivity contribution in [2.24, 2.45) is 52.3 Å². The molecule has 10 atom stereocenters. The van der Waals surface area contributed by atoms with Gasteiger partial charge >= 0.3 is 5.97 Å². The van der Waals surface area contributed by atoms with Gasteiger partial charge in [0.15, 0.2) is 0 Å². The molecule has 4 saturated carbocycles. The van der Waals surface area contributed by atoms with Crippen LogP contribution in [0.3, 0.4) is 0 Å². The van der Waals surface area contributed by atoms with Crippen molar-refractivity contribution in [3.8, 4) is 0 Å².